The van der Waals surface area contributed by atoms with Gasteiger partial charge in [-0.3, -0.25) is 4.79 Å². The van der Waals surface area contributed by atoms with Gasteiger partial charge in [-0.15, -0.1) is 0 Å². The average Bonchev–Trinajstić information content (AvgIpc) is 3.21. The lowest BCUT2D eigenvalue weighted by Gasteiger charge is -2.28. The summed E-state index contributed by atoms with van der Waals surface area (Å²) in [5.41, 5.74) is 2.47. The van der Waals surface area contributed by atoms with Crippen LogP contribution in [-0.4, -0.2) is 65.6 Å². The maximum absolute atomic E-state index is 12.6. The van der Waals surface area contributed by atoms with E-state index in [1.165, 1.54) is 31.0 Å². The van der Waals surface area contributed by atoms with E-state index in [0.29, 0.717) is 18.7 Å². The van der Waals surface area contributed by atoms with Crippen LogP contribution in [0.4, 0.5) is 11.5 Å². The number of anilines is 2. The van der Waals surface area contributed by atoms with Gasteiger partial charge in [0.1, 0.15) is 5.82 Å². The van der Waals surface area contributed by atoms with Crippen LogP contribution in [0.1, 0.15) is 29.6 Å². The highest BCUT2D eigenvalue weighted by atomic mass is 32.2. The number of nitrogens with one attached hydrogen (secondary N) is 1. The predicted molar refractivity (Wildman–Crippen MR) is 126 cm³/mol. The number of nitrogens with zero attached hydrogens (tertiary/aromatic N) is 6. The van der Waals surface area contributed by atoms with Gasteiger partial charge in [0.2, 0.25) is 0 Å². The summed E-state index contributed by atoms with van der Waals surface area (Å²) in [6, 6.07) is 7.60. The molecular weight excluding hydrogens is 410 g/mol. The predicted octanol–water partition coefficient (Wildman–Crippen LogP) is 3.03. The Bertz CT molecular complexity index is 1060. The van der Waals surface area contributed by atoms with E-state index in [1.54, 1.807) is 0 Å². The largest absolute Gasteiger partial charge is 0.378 e. The zero-order valence-corrected chi connectivity index (χ0v) is 19.2. The molecule has 1 amide bonds. The van der Waals surface area contributed by atoms with Crippen molar-refractivity contribution in [3.63, 3.8) is 0 Å². The minimum atomic E-state index is -0.0893. The number of carbonyl (C=O) groups excluding carboxylic acids is 1. The zero-order valence-electron chi connectivity index (χ0n) is 18.3. The fourth-order valence-electron chi connectivity index (χ4n) is 3.83. The average molecular weight is 440 g/mol. The SMILES string of the molecule is CSc1nc(N2CCCCC2)c2cnn(CCNC(=O)c3cccc(N(C)C)c3)c2n1. The lowest BCUT2D eigenvalue weighted by atomic mass is 10.1. The summed E-state index contributed by atoms with van der Waals surface area (Å²) < 4.78 is 1.86. The Morgan fingerprint density at radius 3 is 2.74 bits per heavy atom. The van der Waals surface area contributed by atoms with Crippen LogP contribution >= 0.6 is 11.8 Å². The van der Waals surface area contributed by atoms with E-state index < -0.39 is 0 Å². The fourth-order valence-corrected chi connectivity index (χ4v) is 4.18. The topological polar surface area (TPSA) is 79.2 Å². The molecule has 0 unspecified atom stereocenters. The van der Waals surface area contributed by atoms with Crippen LogP contribution in [0.25, 0.3) is 11.0 Å². The number of fused-ring (bicyclic) bond motifs is 1. The highest BCUT2D eigenvalue weighted by Gasteiger charge is 2.19. The van der Waals surface area contributed by atoms with Crippen molar-refractivity contribution in [1.82, 2.24) is 25.1 Å². The van der Waals surface area contributed by atoms with Crippen LogP contribution in [0, 0.1) is 0 Å². The fraction of sp³-hybridized carbons (Fsp3) is 0.455. The van der Waals surface area contributed by atoms with Crippen molar-refractivity contribution in [2.75, 3.05) is 49.8 Å². The van der Waals surface area contributed by atoms with Gasteiger partial charge in [0.15, 0.2) is 10.8 Å². The van der Waals surface area contributed by atoms with E-state index in [1.807, 2.05) is 60.4 Å². The number of carbonyl (C=O) groups is 1. The molecule has 0 radical (unpaired) electrons. The summed E-state index contributed by atoms with van der Waals surface area (Å²) >= 11 is 1.54. The second-order valence-corrected chi connectivity index (χ2v) is 8.66. The van der Waals surface area contributed by atoms with Crippen LogP contribution < -0.4 is 15.1 Å². The molecule has 164 valence electrons. The van der Waals surface area contributed by atoms with Crippen LogP contribution in [0.15, 0.2) is 35.6 Å². The molecule has 0 saturated carbocycles. The maximum atomic E-state index is 12.6. The standard InChI is InChI=1S/C22H29N7OS/c1-27(2)17-9-7-8-16(14-17)21(30)23-10-13-29-20-18(15-24-29)19(25-22(26-20)31-3)28-11-5-4-6-12-28/h7-9,14-15H,4-6,10-13H2,1-3H3,(H,23,30). The van der Waals surface area contributed by atoms with Gasteiger partial charge in [0.05, 0.1) is 18.1 Å². The molecule has 1 saturated heterocycles. The van der Waals surface area contributed by atoms with E-state index in [4.69, 9.17) is 9.97 Å². The number of benzene rings is 1. The van der Waals surface area contributed by atoms with Crippen LogP contribution in [-0.2, 0) is 6.54 Å². The number of thioether (sulfide) groups is 1. The number of amides is 1. The van der Waals surface area contributed by atoms with Crippen molar-refractivity contribution >= 4 is 40.2 Å². The van der Waals surface area contributed by atoms with E-state index in [0.717, 1.165) is 40.8 Å². The second-order valence-electron chi connectivity index (χ2n) is 7.89. The molecule has 3 aromatic rings. The molecule has 0 bridgehead atoms. The Labute approximate surface area is 187 Å². The first-order chi connectivity index (χ1) is 15.1. The summed E-state index contributed by atoms with van der Waals surface area (Å²) in [5, 5.41) is 9.28. The molecule has 1 aromatic carbocycles. The monoisotopic (exact) mass is 439 g/mol. The Hall–Kier alpha value is -2.81. The number of hydrogen-bond acceptors (Lipinski definition) is 7. The quantitative estimate of drug-likeness (QED) is 0.448. The van der Waals surface area contributed by atoms with Gasteiger partial charge in [-0.1, -0.05) is 17.8 Å². The molecule has 1 aliphatic rings. The molecule has 1 aliphatic heterocycles. The maximum Gasteiger partial charge on any atom is 0.251 e. The molecule has 0 spiro atoms. The van der Waals surface area contributed by atoms with Gasteiger partial charge in [0, 0.05) is 45.0 Å². The lowest BCUT2D eigenvalue weighted by Crippen LogP contribution is -2.30. The zero-order chi connectivity index (χ0) is 21.8. The number of aromatic nitrogens is 4. The van der Waals surface area contributed by atoms with Crippen LogP contribution in [0.2, 0.25) is 0 Å². The van der Waals surface area contributed by atoms with E-state index in [9.17, 15) is 4.79 Å². The van der Waals surface area contributed by atoms with Gasteiger partial charge >= 0.3 is 0 Å². The van der Waals surface area contributed by atoms with Crippen molar-refractivity contribution in [3.05, 3.63) is 36.0 Å². The third kappa shape index (κ3) is 4.76. The molecule has 0 aliphatic carbocycles. The van der Waals surface area contributed by atoms with Gasteiger partial charge < -0.3 is 15.1 Å². The first-order valence-corrected chi connectivity index (χ1v) is 11.9. The van der Waals surface area contributed by atoms with Crippen LogP contribution in [0.5, 0.6) is 0 Å². The van der Waals surface area contributed by atoms with Gasteiger partial charge in [-0.05, 0) is 43.7 Å². The van der Waals surface area contributed by atoms with Gasteiger partial charge in [-0.25, -0.2) is 14.6 Å². The number of rotatable bonds is 7. The third-order valence-corrected chi connectivity index (χ3v) is 6.08. The highest BCUT2D eigenvalue weighted by Crippen LogP contribution is 2.28. The summed E-state index contributed by atoms with van der Waals surface area (Å²) in [7, 11) is 3.92. The molecule has 8 nitrogen and oxygen atoms in total. The first kappa shape index (κ1) is 21.4. The van der Waals surface area contributed by atoms with Crippen LogP contribution in [0.3, 0.4) is 0 Å². The molecule has 2 aromatic heterocycles. The Kier molecular flexibility index (Phi) is 6.60. The van der Waals surface area contributed by atoms with Crippen molar-refractivity contribution in [2.45, 2.75) is 31.0 Å². The molecular formula is C22H29N7OS. The Balaban J connectivity index is 1.49. The summed E-state index contributed by atoms with van der Waals surface area (Å²) in [6.07, 6.45) is 7.50. The third-order valence-electron chi connectivity index (χ3n) is 5.53. The molecule has 31 heavy (non-hydrogen) atoms. The molecule has 4 rings (SSSR count). The second kappa shape index (κ2) is 9.55. The molecule has 0 atom stereocenters. The summed E-state index contributed by atoms with van der Waals surface area (Å²) in [5.74, 6) is 0.887. The van der Waals surface area contributed by atoms with E-state index in [-0.39, 0.29) is 5.91 Å². The van der Waals surface area contributed by atoms with Gasteiger partial charge in [-0.2, -0.15) is 5.10 Å². The molecule has 9 heteroatoms. The Morgan fingerprint density at radius 1 is 1.19 bits per heavy atom. The Morgan fingerprint density at radius 2 is 2.00 bits per heavy atom. The van der Waals surface area contributed by atoms with Gasteiger partial charge in [0.25, 0.3) is 5.91 Å². The van der Waals surface area contributed by atoms with E-state index >= 15 is 0 Å². The molecule has 3 heterocycles. The van der Waals surface area contributed by atoms with Crippen molar-refractivity contribution in [2.24, 2.45) is 0 Å². The first-order valence-electron chi connectivity index (χ1n) is 10.6. The van der Waals surface area contributed by atoms with Crippen molar-refractivity contribution in [1.29, 1.82) is 0 Å². The normalized spacial score (nSPS) is 14.1. The lowest BCUT2D eigenvalue weighted by molar-refractivity contribution is 0.0952. The number of piperidine rings is 1. The minimum Gasteiger partial charge on any atom is -0.378 e. The minimum absolute atomic E-state index is 0.0893. The molecule has 1 N–H and O–H groups in total. The van der Waals surface area contributed by atoms with Crippen molar-refractivity contribution < 1.29 is 4.79 Å². The summed E-state index contributed by atoms with van der Waals surface area (Å²) in [6.45, 7) is 3.06. The molecule has 1 fully saturated rings. The van der Waals surface area contributed by atoms with Crippen molar-refractivity contribution in [3.8, 4) is 0 Å². The highest BCUT2D eigenvalue weighted by molar-refractivity contribution is 7.98. The summed E-state index contributed by atoms with van der Waals surface area (Å²) in [4.78, 5) is 26.4. The van der Waals surface area contributed by atoms with E-state index in [2.05, 4.69) is 15.3 Å². The smallest absolute Gasteiger partial charge is 0.251 e. The number of hydrogen-bond donors (Lipinski definition) is 1.